The van der Waals surface area contributed by atoms with Crippen LogP contribution in [0.2, 0.25) is 5.02 Å². The van der Waals surface area contributed by atoms with Crippen LogP contribution in [0.5, 0.6) is 5.75 Å². The van der Waals surface area contributed by atoms with E-state index < -0.39 is 9.84 Å². The molecule has 2 heterocycles. The van der Waals surface area contributed by atoms with Gasteiger partial charge >= 0.3 is 0 Å². The highest BCUT2D eigenvalue weighted by Gasteiger charge is 2.48. The number of carbonyl (C=O) groups excluding carboxylic acids is 1. The molecule has 1 amide bonds. The SMILES string of the molecule is COc1ccc(CN2C(=NC(=O)Cc3ccccc3Cl)S[C@@H]3CS(=O)(=O)C[C@H]32)cc1. The Morgan fingerprint density at radius 3 is 2.63 bits per heavy atom. The summed E-state index contributed by atoms with van der Waals surface area (Å²) in [6.45, 7) is 0.478. The lowest BCUT2D eigenvalue weighted by molar-refractivity contribution is -0.117. The number of rotatable bonds is 5. The van der Waals surface area contributed by atoms with Crippen molar-refractivity contribution in [2.75, 3.05) is 18.6 Å². The largest absolute Gasteiger partial charge is 0.497 e. The Labute approximate surface area is 185 Å². The molecule has 0 spiro atoms. The molecule has 2 fully saturated rings. The van der Waals surface area contributed by atoms with Crippen LogP contribution in [0.15, 0.2) is 53.5 Å². The van der Waals surface area contributed by atoms with Crippen LogP contribution in [0.4, 0.5) is 0 Å². The molecule has 2 saturated heterocycles. The first-order valence-corrected chi connectivity index (χ1v) is 12.5. The Morgan fingerprint density at radius 2 is 1.93 bits per heavy atom. The summed E-state index contributed by atoms with van der Waals surface area (Å²) in [4.78, 5) is 18.9. The van der Waals surface area contributed by atoms with E-state index in [1.807, 2.05) is 41.3 Å². The van der Waals surface area contributed by atoms with E-state index in [2.05, 4.69) is 4.99 Å². The summed E-state index contributed by atoms with van der Waals surface area (Å²) < 4.78 is 29.5. The Hall–Kier alpha value is -2.03. The average Bonchev–Trinajstić information content (AvgIpc) is 3.16. The van der Waals surface area contributed by atoms with Crippen LogP contribution in [0, 0.1) is 0 Å². The highest BCUT2D eigenvalue weighted by Crippen LogP contribution is 2.39. The summed E-state index contributed by atoms with van der Waals surface area (Å²) in [7, 11) is -1.48. The summed E-state index contributed by atoms with van der Waals surface area (Å²) in [5, 5.41) is 0.996. The molecule has 6 nitrogen and oxygen atoms in total. The predicted octanol–water partition coefficient (Wildman–Crippen LogP) is 3.19. The van der Waals surface area contributed by atoms with Gasteiger partial charge < -0.3 is 9.64 Å². The molecule has 0 N–H and O–H groups in total. The molecule has 4 rings (SSSR count). The highest BCUT2D eigenvalue weighted by molar-refractivity contribution is 8.15. The highest BCUT2D eigenvalue weighted by atomic mass is 35.5. The van der Waals surface area contributed by atoms with E-state index in [4.69, 9.17) is 16.3 Å². The number of aliphatic imine (C=N–C) groups is 1. The van der Waals surface area contributed by atoms with Gasteiger partial charge in [-0.3, -0.25) is 4.79 Å². The number of hydrogen-bond donors (Lipinski definition) is 0. The van der Waals surface area contributed by atoms with Crippen molar-refractivity contribution in [1.82, 2.24) is 4.90 Å². The predicted molar refractivity (Wildman–Crippen MR) is 120 cm³/mol. The third kappa shape index (κ3) is 4.66. The average molecular weight is 465 g/mol. The number of fused-ring (bicyclic) bond motifs is 1. The number of thioether (sulfide) groups is 1. The summed E-state index contributed by atoms with van der Waals surface area (Å²) in [5.41, 5.74) is 1.72. The van der Waals surface area contributed by atoms with Crippen LogP contribution in [0.3, 0.4) is 0 Å². The molecule has 30 heavy (non-hydrogen) atoms. The van der Waals surface area contributed by atoms with Crippen molar-refractivity contribution in [2.24, 2.45) is 4.99 Å². The number of nitrogens with zero attached hydrogens (tertiary/aromatic N) is 2. The number of halogens is 1. The lowest BCUT2D eigenvalue weighted by Crippen LogP contribution is -2.37. The summed E-state index contributed by atoms with van der Waals surface area (Å²) in [6.07, 6.45) is 0.105. The molecule has 0 radical (unpaired) electrons. The second-order valence-electron chi connectivity index (χ2n) is 7.33. The van der Waals surface area contributed by atoms with E-state index in [0.717, 1.165) is 16.9 Å². The Bertz CT molecular complexity index is 1090. The van der Waals surface area contributed by atoms with Gasteiger partial charge in [0.15, 0.2) is 15.0 Å². The van der Waals surface area contributed by atoms with Crippen LogP contribution < -0.4 is 4.74 Å². The summed E-state index contributed by atoms with van der Waals surface area (Å²) >= 11 is 7.54. The van der Waals surface area contributed by atoms with E-state index in [1.54, 1.807) is 19.2 Å². The number of benzene rings is 2. The van der Waals surface area contributed by atoms with Gasteiger partial charge in [0.05, 0.1) is 31.1 Å². The quantitative estimate of drug-likeness (QED) is 0.676. The molecule has 2 aliphatic heterocycles. The van der Waals surface area contributed by atoms with Crippen molar-refractivity contribution in [3.05, 3.63) is 64.7 Å². The number of ether oxygens (including phenoxy) is 1. The molecule has 2 aliphatic rings. The molecule has 9 heteroatoms. The third-order valence-electron chi connectivity index (χ3n) is 5.21. The zero-order valence-electron chi connectivity index (χ0n) is 16.3. The first kappa shape index (κ1) is 21.2. The van der Waals surface area contributed by atoms with Gasteiger partial charge in [0, 0.05) is 16.8 Å². The number of amides is 1. The first-order valence-electron chi connectivity index (χ1n) is 9.46. The molecular weight excluding hydrogens is 444 g/mol. The molecule has 0 aromatic heterocycles. The normalized spacial score (nSPS) is 23.5. The minimum absolute atomic E-state index is 0.0819. The number of methoxy groups -OCH3 is 1. The van der Waals surface area contributed by atoms with Gasteiger partial charge in [-0.25, -0.2) is 8.42 Å². The minimum atomic E-state index is -3.09. The van der Waals surface area contributed by atoms with Crippen molar-refractivity contribution in [3.8, 4) is 5.75 Å². The van der Waals surface area contributed by atoms with E-state index in [-0.39, 0.29) is 35.1 Å². The molecule has 0 aliphatic carbocycles. The molecule has 0 saturated carbocycles. The van der Waals surface area contributed by atoms with E-state index >= 15 is 0 Å². The van der Waals surface area contributed by atoms with Gasteiger partial charge in [0.2, 0.25) is 0 Å². The van der Waals surface area contributed by atoms with E-state index in [9.17, 15) is 13.2 Å². The van der Waals surface area contributed by atoms with Crippen molar-refractivity contribution in [1.29, 1.82) is 0 Å². The topological polar surface area (TPSA) is 76.0 Å². The summed E-state index contributed by atoms with van der Waals surface area (Å²) in [5.74, 6) is 0.644. The fourth-order valence-corrected chi connectivity index (χ4v) is 7.87. The van der Waals surface area contributed by atoms with Crippen molar-refractivity contribution >= 4 is 44.3 Å². The fraction of sp³-hybridized carbons (Fsp3) is 0.333. The molecule has 0 unspecified atom stereocenters. The van der Waals surface area contributed by atoms with E-state index in [0.29, 0.717) is 16.7 Å². The van der Waals surface area contributed by atoms with Crippen LogP contribution >= 0.6 is 23.4 Å². The maximum absolute atomic E-state index is 12.6. The summed E-state index contributed by atoms with van der Waals surface area (Å²) in [6, 6.07) is 14.6. The Morgan fingerprint density at radius 1 is 1.20 bits per heavy atom. The van der Waals surface area contributed by atoms with Crippen molar-refractivity contribution < 1.29 is 17.9 Å². The van der Waals surface area contributed by atoms with Gasteiger partial charge in [0.1, 0.15) is 5.75 Å². The fourth-order valence-electron chi connectivity index (χ4n) is 3.70. The maximum Gasteiger partial charge on any atom is 0.252 e. The van der Waals surface area contributed by atoms with Gasteiger partial charge in [-0.1, -0.05) is 53.7 Å². The zero-order valence-corrected chi connectivity index (χ0v) is 18.7. The maximum atomic E-state index is 12.6. The second kappa shape index (κ2) is 8.61. The van der Waals surface area contributed by atoms with Crippen LogP contribution in [-0.2, 0) is 27.6 Å². The minimum Gasteiger partial charge on any atom is -0.497 e. The van der Waals surface area contributed by atoms with Crippen molar-refractivity contribution in [3.63, 3.8) is 0 Å². The number of sulfone groups is 1. The van der Waals surface area contributed by atoms with Gasteiger partial charge in [-0.15, -0.1) is 0 Å². The molecular formula is C21H21ClN2O4S2. The van der Waals surface area contributed by atoms with Crippen LogP contribution in [0.25, 0.3) is 0 Å². The molecule has 0 bridgehead atoms. The van der Waals surface area contributed by atoms with Gasteiger partial charge in [-0.2, -0.15) is 4.99 Å². The third-order valence-corrected chi connectivity index (χ3v) is 8.82. The number of carbonyl (C=O) groups is 1. The van der Waals surface area contributed by atoms with Gasteiger partial charge in [0.25, 0.3) is 5.91 Å². The van der Waals surface area contributed by atoms with Crippen LogP contribution in [-0.4, -0.2) is 54.3 Å². The van der Waals surface area contributed by atoms with E-state index in [1.165, 1.54) is 11.8 Å². The lowest BCUT2D eigenvalue weighted by Gasteiger charge is -2.24. The molecule has 2 atom stereocenters. The number of amidine groups is 1. The zero-order chi connectivity index (χ0) is 21.3. The Balaban J connectivity index is 1.57. The molecule has 2 aromatic rings. The molecule has 158 valence electrons. The molecule has 2 aromatic carbocycles. The first-order chi connectivity index (χ1) is 14.3. The Kier molecular flexibility index (Phi) is 6.09. The van der Waals surface area contributed by atoms with Crippen LogP contribution in [0.1, 0.15) is 11.1 Å². The monoisotopic (exact) mass is 464 g/mol. The lowest BCUT2D eigenvalue weighted by atomic mass is 10.1. The standard InChI is InChI=1S/C21H21ClN2O4S2/c1-28-16-8-6-14(7-9-16)11-24-18-12-30(26,27)13-19(18)29-21(24)23-20(25)10-15-4-2-3-5-17(15)22/h2-9,18-19H,10-13H2,1H3/t18-,19-/m1/s1. The van der Waals surface area contributed by atoms with Gasteiger partial charge in [-0.05, 0) is 29.3 Å². The van der Waals surface area contributed by atoms with Crippen molar-refractivity contribution in [2.45, 2.75) is 24.3 Å². The number of hydrogen-bond acceptors (Lipinski definition) is 5. The second-order valence-corrected chi connectivity index (χ2v) is 11.1. The smallest absolute Gasteiger partial charge is 0.252 e.